The molecule has 5 heterocycles. The molecule has 0 aliphatic carbocycles. The van der Waals surface area contributed by atoms with Crippen LogP contribution >= 0.6 is 0 Å². The normalized spacial score (nSPS) is 17.8. The van der Waals surface area contributed by atoms with Crippen LogP contribution in [0.3, 0.4) is 0 Å². The first-order chi connectivity index (χ1) is 14.6. The zero-order valence-corrected chi connectivity index (χ0v) is 18.0. The molecule has 8 heteroatoms. The Bertz CT molecular complexity index is 1070. The molecular weight excluding hydrogens is 378 g/mol. The molecular formula is C22H29N7O. The molecule has 0 atom stereocenters. The van der Waals surface area contributed by atoms with Gasteiger partial charge < -0.3 is 15.0 Å². The number of fused-ring (bicyclic) bond motifs is 1. The van der Waals surface area contributed by atoms with E-state index >= 15 is 0 Å². The van der Waals surface area contributed by atoms with Crippen molar-refractivity contribution in [2.45, 2.75) is 52.5 Å². The predicted molar refractivity (Wildman–Crippen MR) is 117 cm³/mol. The molecule has 0 radical (unpaired) electrons. The topological polar surface area (TPSA) is 80.5 Å². The number of nitrogens with one attached hydrogen (secondary N) is 1. The molecule has 158 valence electrons. The van der Waals surface area contributed by atoms with Crippen molar-refractivity contribution in [3.8, 4) is 11.4 Å². The fraction of sp³-hybridized carbons (Fsp3) is 0.545. The van der Waals surface area contributed by atoms with Crippen molar-refractivity contribution in [2.24, 2.45) is 0 Å². The molecule has 0 bridgehead atoms. The molecule has 0 saturated carbocycles. The van der Waals surface area contributed by atoms with Gasteiger partial charge in [-0.05, 0) is 46.5 Å². The lowest BCUT2D eigenvalue weighted by Crippen LogP contribution is -2.29. The Labute approximate surface area is 176 Å². The van der Waals surface area contributed by atoms with Crippen molar-refractivity contribution in [3.63, 3.8) is 0 Å². The van der Waals surface area contributed by atoms with E-state index in [1.54, 1.807) is 0 Å². The second kappa shape index (κ2) is 7.83. The summed E-state index contributed by atoms with van der Waals surface area (Å²) >= 11 is 0. The fourth-order valence-electron chi connectivity index (χ4n) is 4.30. The minimum Gasteiger partial charge on any atom is -0.381 e. The lowest BCUT2D eigenvalue weighted by Gasteiger charge is -2.25. The maximum Gasteiger partial charge on any atom is 0.160 e. The van der Waals surface area contributed by atoms with Gasteiger partial charge in [0.25, 0.3) is 0 Å². The summed E-state index contributed by atoms with van der Waals surface area (Å²) in [5, 5.41) is 8.59. The molecule has 3 aromatic heterocycles. The largest absolute Gasteiger partial charge is 0.381 e. The second-order valence-electron chi connectivity index (χ2n) is 8.35. The summed E-state index contributed by atoms with van der Waals surface area (Å²) in [7, 11) is 0. The quantitative estimate of drug-likeness (QED) is 0.711. The van der Waals surface area contributed by atoms with Gasteiger partial charge >= 0.3 is 0 Å². The summed E-state index contributed by atoms with van der Waals surface area (Å²) in [5.41, 5.74) is 5.24. The minimum atomic E-state index is 0.381. The van der Waals surface area contributed by atoms with E-state index in [0.717, 1.165) is 84.9 Å². The maximum atomic E-state index is 5.53. The highest BCUT2D eigenvalue weighted by molar-refractivity contribution is 5.67. The predicted octanol–water partition coefficient (Wildman–Crippen LogP) is 3.30. The Morgan fingerprint density at radius 2 is 1.67 bits per heavy atom. The number of aryl methyl sites for hydroxylation is 3. The molecule has 0 amide bonds. The van der Waals surface area contributed by atoms with E-state index in [2.05, 4.69) is 21.3 Å². The molecule has 0 unspecified atom stereocenters. The van der Waals surface area contributed by atoms with E-state index in [9.17, 15) is 0 Å². The summed E-state index contributed by atoms with van der Waals surface area (Å²) in [6.45, 7) is 9.68. The van der Waals surface area contributed by atoms with E-state index in [1.165, 1.54) is 12.8 Å². The van der Waals surface area contributed by atoms with Crippen LogP contribution in [0.4, 0.5) is 11.6 Å². The van der Waals surface area contributed by atoms with Crippen molar-refractivity contribution in [1.82, 2.24) is 24.6 Å². The van der Waals surface area contributed by atoms with Gasteiger partial charge in [-0.25, -0.2) is 9.97 Å². The van der Waals surface area contributed by atoms with Crippen LogP contribution in [0.15, 0.2) is 12.1 Å². The van der Waals surface area contributed by atoms with Crippen LogP contribution in [0, 0.1) is 20.8 Å². The van der Waals surface area contributed by atoms with Crippen LogP contribution in [-0.4, -0.2) is 56.9 Å². The van der Waals surface area contributed by atoms with Gasteiger partial charge in [-0.1, -0.05) is 0 Å². The third-order valence-electron chi connectivity index (χ3n) is 6.14. The lowest BCUT2D eigenvalue weighted by atomic mass is 10.1. The fourth-order valence-corrected chi connectivity index (χ4v) is 4.30. The van der Waals surface area contributed by atoms with Crippen molar-refractivity contribution in [2.75, 3.05) is 36.5 Å². The van der Waals surface area contributed by atoms with Crippen LogP contribution in [-0.2, 0) is 4.74 Å². The highest BCUT2D eigenvalue weighted by Gasteiger charge is 2.21. The summed E-state index contributed by atoms with van der Waals surface area (Å²) in [4.78, 5) is 16.7. The Morgan fingerprint density at radius 3 is 2.43 bits per heavy atom. The highest BCUT2D eigenvalue weighted by atomic mass is 16.5. The summed E-state index contributed by atoms with van der Waals surface area (Å²) in [6.07, 6.45) is 4.44. The molecule has 2 aliphatic heterocycles. The standard InChI is InChI=1S/C22H29N7O/c1-14-15(2)24-22(16(3)23-14)18-12-20-26-19(28-8-4-5-9-28)13-21(29(20)27-18)25-17-6-10-30-11-7-17/h12-13,17,25H,4-11H2,1-3H3. The average molecular weight is 408 g/mol. The summed E-state index contributed by atoms with van der Waals surface area (Å²) in [6, 6.07) is 4.55. The summed E-state index contributed by atoms with van der Waals surface area (Å²) < 4.78 is 7.44. The van der Waals surface area contributed by atoms with Crippen molar-refractivity contribution in [3.05, 3.63) is 29.2 Å². The van der Waals surface area contributed by atoms with Crippen molar-refractivity contribution >= 4 is 17.3 Å². The zero-order chi connectivity index (χ0) is 20.7. The molecule has 1 N–H and O–H groups in total. The molecule has 3 aromatic rings. The molecule has 8 nitrogen and oxygen atoms in total. The van der Waals surface area contributed by atoms with Crippen molar-refractivity contribution in [1.29, 1.82) is 0 Å². The first-order valence-electron chi connectivity index (χ1n) is 10.9. The lowest BCUT2D eigenvalue weighted by molar-refractivity contribution is 0.0903. The average Bonchev–Trinajstić information content (AvgIpc) is 3.41. The van der Waals surface area contributed by atoms with E-state index in [1.807, 2.05) is 31.4 Å². The van der Waals surface area contributed by atoms with E-state index in [0.29, 0.717) is 6.04 Å². The third kappa shape index (κ3) is 3.60. The Morgan fingerprint density at radius 1 is 0.933 bits per heavy atom. The molecule has 30 heavy (non-hydrogen) atoms. The van der Waals surface area contributed by atoms with Crippen LogP contribution in [0.2, 0.25) is 0 Å². The van der Waals surface area contributed by atoms with Gasteiger partial charge in [0.2, 0.25) is 0 Å². The second-order valence-corrected chi connectivity index (χ2v) is 8.35. The molecule has 2 aliphatic rings. The van der Waals surface area contributed by atoms with Crippen LogP contribution in [0.1, 0.15) is 42.8 Å². The van der Waals surface area contributed by atoms with E-state index in [4.69, 9.17) is 19.8 Å². The zero-order valence-electron chi connectivity index (χ0n) is 18.0. The number of hydrogen-bond acceptors (Lipinski definition) is 7. The molecule has 5 rings (SSSR count). The van der Waals surface area contributed by atoms with Gasteiger partial charge in [0, 0.05) is 44.5 Å². The van der Waals surface area contributed by atoms with Gasteiger partial charge in [-0.3, -0.25) is 4.98 Å². The number of anilines is 2. The molecule has 0 aromatic carbocycles. The molecule has 2 fully saturated rings. The Balaban J connectivity index is 1.59. The monoisotopic (exact) mass is 407 g/mol. The first kappa shape index (κ1) is 19.2. The van der Waals surface area contributed by atoms with Gasteiger partial charge in [0.15, 0.2) is 5.65 Å². The van der Waals surface area contributed by atoms with E-state index < -0.39 is 0 Å². The smallest absolute Gasteiger partial charge is 0.160 e. The Kier molecular flexibility index (Phi) is 5.02. The van der Waals surface area contributed by atoms with E-state index in [-0.39, 0.29) is 0 Å². The molecule has 0 spiro atoms. The van der Waals surface area contributed by atoms with Crippen LogP contribution in [0.25, 0.3) is 17.0 Å². The minimum absolute atomic E-state index is 0.381. The molecule has 2 saturated heterocycles. The highest BCUT2D eigenvalue weighted by Crippen LogP contribution is 2.28. The number of ether oxygens (including phenoxy) is 1. The summed E-state index contributed by atoms with van der Waals surface area (Å²) in [5.74, 6) is 2.00. The van der Waals surface area contributed by atoms with Crippen molar-refractivity contribution < 1.29 is 4.74 Å². The Hall–Kier alpha value is -2.74. The number of rotatable bonds is 4. The maximum absolute atomic E-state index is 5.53. The van der Waals surface area contributed by atoms with Gasteiger partial charge in [0.05, 0.1) is 17.1 Å². The number of nitrogens with zero attached hydrogens (tertiary/aromatic N) is 6. The third-order valence-corrected chi connectivity index (χ3v) is 6.14. The van der Waals surface area contributed by atoms with Crippen LogP contribution < -0.4 is 10.2 Å². The van der Waals surface area contributed by atoms with Gasteiger partial charge in [0.1, 0.15) is 23.0 Å². The first-order valence-corrected chi connectivity index (χ1v) is 10.9. The van der Waals surface area contributed by atoms with Gasteiger partial charge in [-0.2, -0.15) is 9.61 Å². The van der Waals surface area contributed by atoms with Gasteiger partial charge in [-0.15, -0.1) is 0 Å². The number of aromatic nitrogens is 5. The van der Waals surface area contributed by atoms with Crippen LogP contribution in [0.5, 0.6) is 0 Å². The number of hydrogen-bond donors (Lipinski definition) is 1. The SMILES string of the molecule is Cc1nc(C)c(-c2cc3nc(N4CCCC4)cc(NC4CCOCC4)n3n2)nc1C.